The van der Waals surface area contributed by atoms with E-state index in [1.807, 2.05) is 0 Å². The Balaban J connectivity index is 2.45. The Morgan fingerprint density at radius 1 is 1.17 bits per heavy atom. The van der Waals surface area contributed by atoms with E-state index in [0.29, 0.717) is 12.1 Å². The van der Waals surface area contributed by atoms with E-state index in [9.17, 15) is 0 Å². The molecule has 12 heavy (non-hydrogen) atoms. The van der Waals surface area contributed by atoms with Crippen molar-refractivity contribution in [3.8, 4) is 0 Å². The van der Waals surface area contributed by atoms with Crippen LogP contribution in [0.25, 0.3) is 0 Å². The molecule has 0 aromatic rings. The molecule has 1 aliphatic carbocycles. The van der Waals surface area contributed by atoms with E-state index in [1.54, 1.807) is 0 Å². The van der Waals surface area contributed by atoms with Crippen LogP contribution in [0.15, 0.2) is 0 Å². The van der Waals surface area contributed by atoms with Crippen LogP contribution in [0.4, 0.5) is 0 Å². The maximum Gasteiger partial charge on any atom is 0.0246 e. The first kappa shape index (κ1) is 10.0. The summed E-state index contributed by atoms with van der Waals surface area (Å²) in [6, 6.07) is 1.09. The molecule has 1 fully saturated rings. The second-order valence-corrected chi connectivity index (χ2v) is 3.74. The number of nitrogens with zero attached hydrogens (tertiary/aromatic N) is 1. The predicted molar refractivity (Wildman–Crippen MR) is 53.2 cm³/mol. The van der Waals surface area contributed by atoms with E-state index in [-0.39, 0.29) is 0 Å². The molecule has 0 spiro atoms. The van der Waals surface area contributed by atoms with Crippen molar-refractivity contribution in [2.45, 2.75) is 51.6 Å². The monoisotopic (exact) mass is 170 g/mol. The van der Waals surface area contributed by atoms with Crippen molar-refractivity contribution in [3.05, 3.63) is 0 Å². The molecule has 2 nitrogen and oxygen atoms in total. The van der Waals surface area contributed by atoms with Crippen molar-refractivity contribution in [1.82, 2.24) is 4.90 Å². The summed E-state index contributed by atoms with van der Waals surface area (Å²) >= 11 is 0. The van der Waals surface area contributed by atoms with E-state index in [4.69, 9.17) is 5.73 Å². The third-order valence-electron chi connectivity index (χ3n) is 3.06. The third kappa shape index (κ3) is 2.20. The van der Waals surface area contributed by atoms with Gasteiger partial charge in [0, 0.05) is 12.1 Å². The van der Waals surface area contributed by atoms with Crippen molar-refractivity contribution in [3.63, 3.8) is 0 Å². The quantitative estimate of drug-likeness (QED) is 0.697. The van der Waals surface area contributed by atoms with Gasteiger partial charge < -0.3 is 5.73 Å². The molecule has 72 valence electrons. The van der Waals surface area contributed by atoms with Crippen molar-refractivity contribution >= 4 is 0 Å². The maximum atomic E-state index is 6.09. The lowest BCUT2D eigenvalue weighted by Crippen LogP contribution is -2.49. The highest BCUT2D eigenvalue weighted by Crippen LogP contribution is 2.21. The van der Waals surface area contributed by atoms with Gasteiger partial charge in [-0.15, -0.1) is 0 Å². The fourth-order valence-electron chi connectivity index (χ4n) is 2.29. The highest BCUT2D eigenvalue weighted by Gasteiger charge is 2.25. The van der Waals surface area contributed by atoms with Gasteiger partial charge in [0.05, 0.1) is 0 Å². The van der Waals surface area contributed by atoms with Gasteiger partial charge in [0.25, 0.3) is 0 Å². The van der Waals surface area contributed by atoms with Gasteiger partial charge in [-0.2, -0.15) is 0 Å². The van der Waals surface area contributed by atoms with Gasteiger partial charge in [-0.1, -0.05) is 26.7 Å². The molecule has 0 aliphatic heterocycles. The predicted octanol–water partition coefficient (Wildman–Crippen LogP) is 1.60. The molecular weight excluding hydrogens is 148 g/mol. The number of hydrogen-bond donors (Lipinski definition) is 1. The molecule has 2 N–H and O–H groups in total. The fourth-order valence-corrected chi connectivity index (χ4v) is 2.29. The molecule has 0 saturated heterocycles. The van der Waals surface area contributed by atoms with Crippen LogP contribution in [0.5, 0.6) is 0 Å². The zero-order valence-corrected chi connectivity index (χ0v) is 8.42. The summed E-state index contributed by atoms with van der Waals surface area (Å²) in [5.41, 5.74) is 6.09. The van der Waals surface area contributed by atoms with Gasteiger partial charge in [-0.25, -0.2) is 0 Å². The van der Waals surface area contributed by atoms with E-state index >= 15 is 0 Å². The van der Waals surface area contributed by atoms with Crippen LogP contribution < -0.4 is 5.73 Å². The Morgan fingerprint density at radius 3 is 2.25 bits per heavy atom. The van der Waals surface area contributed by atoms with Crippen molar-refractivity contribution < 1.29 is 0 Å². The average Bonchev–Trinajstić information content (AvgIpc) is 2.10. The van der Waals surface area contributed by atoms with Crippen LogP contribution in [-0.2, 0) is 0 Å². The Labute approximate surface area is 76.1 Å². The summed E-state index contributed by atoms with van der Waals surface area (Å²) in [5.74, 6) is 0. The summed E-state index contributed by atoms with van der Waals surface area (Å²) in [7, 11) is 0. The number of hydrogen-bond acceptors (Lipinski definition) is 2. The second-order valence-electron chi connectivity index (χ2n) is 3.74. The molecule has 0 bridgehead atoms. The Kier molecular flexibility index (Phi) is 4.02. The molecule has 1 rings (SSSR count). The average molecular weight is 170 g/mol. The highest BCUT2D eigenvalue weighted by atomic mass is 15.2. The normalized spacial score (nSPS) is 31.0. The van der Waals surface area contributed by atoms with Crippen LogP contribution in [0.3, 0.4) is 0 Å². The lowest BCUT2D eigenvalue weighted by molar-refractivity contribution is 0.151. The summed E-state index contributed by atoms with van der Waals surface area (Å²) in [6.07, 6.45) is 5.23. The van der Waals surface area contributed by atoms with E-state index in [1.165, 1.54) is 25.7 Å². The number of likely N-dealkylation sites (N-methyl/N-ethyl adjacent to an activating group) is 1. The SMILES string of the molecule is CCN(CC)[C@@H]1CCCC[C@H]1N. The Hall–Kier alpha value is -0.0800. The third-order valence-corrected chi connectivity index (χ3v) is 3.06. The van der Waals surface area contributed by atoms with Gasteiger partial charge in [0.2, 0.25) is 0 Å². The highest BCUT2D eigenvalue weighted by molar-refractivity contribution is 4.84. The zero-order chi connectivity index (χ0) is 8.97. The topological polar surface area (TPSA) is 29.3 Å². The molecular formula is C10H22N2. The zero-order valence-electron chi connectivity index (χ0n) is 8.42. The van der Waals surface area contributed by atoms with Crippen LogP contribution in [-0.4, -0.2) is 30.1 Å². The lowest BCUT2D eigenvalue weighted by atomic mass is 9.90. The first-order valence-corrected chi connectivity index (χ1v) is 5.29. The first-order chi connectivity index (χ1) is 5.79. The van der Waals surface area contributed by atoms with Crippen LogP contribution in [0, 0.1) is 0 Å². The van der Waals surface area contributed by atoms with Gasteiger partial charge >= 0.3 is 0 Å². The van der Waals surface area contributed by atoms with Gasteiger partial charge in [0.1, 0.15) is 0 Å². The second kappa shape index (κ2) is 4.83. The minimum atomic E-state index is 0.429. The molecule has 1 saturated carbocycles. The largest absolute Gasteiger partial charge is 0.326 e. The van der Waals surface area contributed by atoms with Crippen molar-refractivity contribution in [2.24, 2.45) is 5.73 Å². The molecule has 0 radical (unpaired) electrons. The standard InChI is InChI=1S/C10H22N2/c1-3-12(4-2)10-8-6-5-7-9(10)11/h9-10H,3-8,11H2,1-2H3/t9-,10-/m1/s1. The van der Waals surface area contributed by atoms with Crippen LogP contribution in [0.2, 0.25) is 0 Å². The summed E-state index contributed by atoms with van der Waals surface area (Å²) in [5, 5.41) is 0. The Bertz CT molecular complexity index is 121. The van der Waals surface area contributed by atoms with Crippen LogP contribution in [0.1, 0.15) is 39.5 Å². The summed E-state index contributed by atoms with van der Waals surface area (Å²) in [6.45, 7) is 6.75. The molecule has 2 atom stereocenters. The number of rotatable bonds is 3. The first-order valence-electron chi connectivity index (χ1n) is 5.29. The maximum absolute atomic E-state index is 6.09. The van der Waals surface area contributed by atoms with Gasteiger partial charge in [-0.3, -0.25) is 4.90 Å². The van der Waals surface area contributed by atoms with E-state index in [2.05, 4.69) is 18.7 Å². The van der Waals surface area contributed by atoms with E-state index < -0.39 is 0 Å². The molecule has 0 aromatic heterocycles. The lowest BCUT2D eigenvalue weighted by Gasteiger charge is -2.37. The molecule has 0 heterocycles. The molecule has 2 heteroatoms. The minimum Gasteiger partial charge on any atom is -0.326 e. The smallest absolute Gasteiger partial charge is 0.0246 e. The Morgan fingerprint density at radius 2 is 1.75 bits per heavy atom. The van der Waals surface area contributed by atoms with Crippen molar-refractivity contribution in [2.75, 3.05) is 13.1 Å². The van der Waals surface area contributed by atoms with Gasteiger partial charge in [0.15, 0.2) is 0 Å². The summed E-state index contributed by atoms with van der Waals surface area (Å²) in [4.78, 5) is 2.50. The van der Waals surface area contributed by atoms with Crippen molar-refractivity contribution in [1.29, 1.82) is 0 Å². The minimum absolute atomic E-state index is 0.429. The van der Waals surface area contributed by atoms with E-state index in [0.717, 1.165) is 13.1 Å². The molecule has 1 aliphatic rings. The molecule has 0 amide bonds. The number of nitrogens with two attached hydrogens (primary N) is 1. The fraction of sp³-hybridized carbons (Fsp3) is 1.00. The molecule has 0 unspecified atom stereocenters. The van der Waals surface area contributed by atoms with Gasteiger partial charge in [-0.05, 0) is 25.9 Å². The van der Waals surface area contributed by atoms with Crippen LogP contribution >= 0.6 is 0 Å². The molecule has 0 aromatic carbocycles. The summed E-state index contributed by atoms with van der Waals surface area (Å²) < 4.78 is 0.